The third-order valence-electron chi connectivity index (χ3n) is 2.45. The highest BCUT2D eigenvalue weighted by Crippen LogP contribution is 2.00. The first-order valence-electron chi connectivity index (χ1n) is 5.83. The summed E-state index contributed by atoms with van der Waals surface area (Å²) < 4.78 is 12.7. The van der Waals surface area contributed by atoms with Crippen molar-refractivity contribution < 1.29 is 9.18 Å². The average molecular weight is 253 g/mol. The molecule has 0 aliphatic carbocycles. The van der Waals surface area contributed by atoms with Crippen LogP contribution in [-0.2, 0) is 0 Å². The van der Waals surface area contributed by atoms with Gasteiger partial charge in [-0.05, 0) is 36.4 Å². The molecule has 0 aromatic heterocycles. The number of carbonyl (C=O) groups excluding carboxylic acids is 1. The third kappa shape index (κ3) is 3.97. The standard InChI is InChI=1S/C16H12FNO/c17-15-10-8-13(9-11-15)5-4-12-18-16(19)14-6-2-1-3-7-14/h1-3,6-11H,12H2,(H,18,19). The molecule has 0 saturated heterocycles. The molecular weight excluding hydrogens is 241 g/mol. The highest BCUT2D eigenvalue weighted by molar-refractivity contribution is 5.94. The Kier molecular flexibility index (Phi) is 4.30. The molecule has 0 radical (unpaired) electrons. The second kappa shape index (κ2) is 6.36. The summed E-state index contributed by atoms with van der Waals surface area (Å²) >= 11 is 0. The van der Waals surface area contributed by atoms with E-state index in [0.717, 1.165) is 5.56 Å². The van der Waals surface area contributed by atoms with Gasteiger partial charge in [0.1, 0.15) is 5.82 Å². The van der Waals surface area contributed by atoms with Gasteiger partial charge in [0.15, 0.2) is 0 Å². The molecule has 2 rings (SSSR count). The Labute approximate surface area is 111 Å². The van der Waals surface area contributed by atoms with E-state index in [2.05, 4.69) is 17.2 Å². The molecule has 1 amide bonds. The van der Waals surface area contributed by atoms with Gasteiger partial charge in [0.05, 0.1) is 6.54 Å². The quantitative estimate of drug-likeness (QED) is 0.819. The Morgan fingerprint density at radius 3 is 2.42 bits per heavy atom. The van der Waals surface area contributed by atoms with E-state index in [1.165, 1.54) is 12.1 Å². The van der Waals surface area contributed by atoms with Crippen molar-refractivity contribution in [2.75, 3.05) is 6.54 Å². The molecule has 2 aromatic rings. The van der Waals surface area contributed by atoms with Crippen LogP contribution in [0.1, 0.15) is 15.9 Å². The monoisotopic (exact) mass is 253 g/mol. The summed E-state index contributed by atoms with van der Waals surface area (Å²) in [6.45, 7) is 0.255. The first-order chi connectivity index (χ1) is 9.25. The zero-order chi connectivity index (χ0) is 13.5. The predicted octanol–water partition coefficient (Wildman–Crippen LogP) is 2.61. The molecule has 0 aliphatic rings. The molecule has 3 heteroatoms. The van der Waals surface area contributed by atoms with Crippen LogP contribution in [0.3, 0.4) is 0 Å². The minimum absolute atomic E-state index is 0.158. The zero-order valence-electron chi connectivity index (χ0n) is 10.2. The van der Waals surface area contributed by atoms with Crippen LogP contribution in [0.15, 0.2) is 54.6 Å². The Bertz CT molecular complexity index is 609. The van der Waals surface area contributed by atoms with Crippen molar-refractivity contribution in [1.29, 1.82) is 0 Å². The number of hydrogen-bond acceptors (Lipinski definition) is 1. The summed E-state index contributed by atoms with van der Waals surface area (Å²) in [4.78, 5) is 11.7. The summed E-state index contributed by atoms with van der Waals surface area (Å²) in [6, 6.07) is 14.8. The molecule has 0 spiro atoms. The van der Waals surface area contributed by atoms with Crippen LogP contribution < -0.4 is 5.32 Å². The molecule has 0 fully saturated rings. The lowest BCUT2D eigenvalue weighted by molar-refractivity contribution is 0.0958. The molecule has 0 aliphatic heterocycles. The average Bonchev–Trinajstić information content (AvgIpc) is 2.46. The molecule has 0 atom stereocenters. The fourth-order valence-corrected chi connectivity index (χ4v) is 1.50. The molecule has 2 nitrogen and oxygen atoms in total. The number of nitrogens with one attached hydrogen (secondary N) is 1. The normalized spacial score (nSPS) is 9.32. The third-order valence-corrected chi connectivity index (χ3v) is 2.45. The van der Waals surface area contributed by atoms with Crippen LogP contribution in [0, 0.1) is 17.7 Å². The van der Waals surface area contributed by atoms with Crippen molar-refractivity contribution in [3.05, 3.63) is 71.5 Å². The van der Waals surface area contributed by atoms with Crippen molar-refractivity contribution >= 4 is 5.91 Å². The minimum Gasteiger partial charge on any atom is -0.341 e. The van der Waals surface area contributed by atoms with E-state index in [4.69, 9.17) is 0 Å². The molecule has 94 valence electrons. The molecule has 19 heavy (non-hydrogen) atoms. The molecule has 0 unspecified atom stereocenters. The molecular formula is C16H12FNO. The maximum atomic E-state index is 12.7. The van der Waals surface area contributed by atoms with E-state index < -0.39 is 0 Å². The van der Waals surface area contributed by atoms with Gasteiger partial charge in [-0.25, -0.2) is 4.39 Å². The fourth-order valence-electron chi connectivity index (χ4n) is 1.50. The number of amides is 1. The lowest BCUT2D eigenvalue weighted by Crippen LogP contribution is -2.23. The van der Waals surface area contributed by atoms with E-state index in [9.17, 15) is 9.18 Å². The number of halogens is 1. The van der Waals surface area contributed by atoms with Gasteiger partial charge in [0, 0.05) is 11.1 Å². The molecule has 2 aromatic carbocycles. The van der Waals surface area contributed by atoms with Crippen molar-refractivity contribution in [1.82, 2.24) is 5.32 Å². The Hall–Kier alpha value is -2.60. The maximum absolute atomic E-state index is 12.7. The summed E-state index contributed by atoms with van der Waals surface area (Å²) in [5.41, 5.74) is 1.32. The lowest BCUT2D eigenvalue weighted by atomic mass is 10.2. The van der Waals surface area contributed by atoms with Gasteiger partial charge in [-0.3, -0.25) is 4.79 Å². The van der Waals surface area contributed by atoms with Crippen LogP contribution >= 0.6 is 0 Å². The second-order valence-corrected chi connectivity index (χ2v) is 3.86. The summed E-state index contributed by atoms with van der Waals surface area (Å²) in [6.07, 6.45) is 0. The maximum Gasteiger partial charge on any atom is 0.252 e. The van der Waals surface area contributed by atoms with E-state index >= 15 is 0 Å². The predicted molar refractivity (Wildman–Crippen MR) is 72.1 cm³/mol. The first-order valence-corrected chi connectivity index (χ1v) is 5.83. The van der Waals surface area contributed by atoms with E-state index in [1.54, 1.807) is 36.4 Å². The Morgan fingerprint density at radius 1 is 1.05 bits per heavy atom. The van der Waals surface area contributed by atoms with E-state index in [0.29, 0.717) is 5.56 Å². The van der Waals surface area contributed by atoms with Gasteiger partial charge in [-0.15, -0.1) is 0 Å². The number of hydrogen-bond donors (Lipinski definition) is 1. The van der Waals surface area contributed by atoms with Crippen LogP contribution in [0.4, 0.5) is 4.39 Å². The van der Waals surface area contributed by atoms with E-state index in [-0.39, 0.29) is 18.3 Å². The van der Waals surface area contributed by atoms with E-state index in [1.807, 2.05) is 6.07 Å². The van der Waals surface area contributed by atoms with Crippen LogP contribution in [-0.4, -0.2) is 12.5 Å². The molecule has 0 bridgehead atoms. The minimum atomic E-state index is -0.289. The zero-order valence-corrected chi connectivity index (χ0v) is 10.2. The second-order valence-electron chi connectivity index (χ2n) is 3.86. The Balaban J connectivity index is 1.87. The first kappa shape index (κ1) is 12.8. The van der Waals surface area contributed by atoms with Gasteiger partial charge < -0.3 is 5.32 Å². The highest BCUT2D eigenvalue weighted by Gasteiger charge is 2.01. The summed E-state index contributed by atoms with van der Waals surface area (Å²) in [7, 11) is 0. The van der Waals surface area contributed by atoms with Crippen LogP contribution in [0.5, 0.6) is 0 Å². The number of benzene rings is 2. The lowest BCUT2D eigenvalue weighted by Gasteiger charge is -1.99. The topological polar surface area (TPSA) is 29.1 Å². The van der Waals surface area contributed by atoms with Crippen molar-refractivity contribution in [3.8, 4) is 11.8 Å². The Morgan fingerprint density at radius 2 is 1.74 bits per heavy atom. The summed E-state index contributed by atoms with van der Waals surface area (Å²) in [5, 5.41) is 2.69. The molecule has 0 heterocycles. The fraction of sp³-hybridized carbons (Fsp3) is 0.0625. The van der Waals surface area contributed by atoms with Crippen molar-refractivity contribution in [2.24, 2.45) is 0 Å². The largest absolute Gasteiger partial charge is 0.341 e. The van der Waals surface area contributed by atoms with Gasteiger partial charge in [-0.1, -0.05) is 30.0 Å². The van der Waals surface area contributed by atoms with Crippen LogP contribution in [0.2, 0.25) is 0 Å². The van der Waals surface area contributed by atoms with Gasteiger partial charge in [0.2, 0.25) is 0 Å². The van der Waals surface area contributed by atoms with Crippen molar-refractivity contribution in [3.63, 3.8) is 0 Å². The SMILES string of the molecule is O=C(NCC#Cc1ccc(F)cc1)c1ccccc1. The number of carbonyl (C=O) groups is 1. The smallest absolute Gasteiger partial charge is 0.252 e. The van der Waals surface area contributed by atoms with Crippen LogP contribution in [0.25, 0.3) is 0 Å². The summed E-state index contributed by atoms with van der Waals surface area (Å²) in [5.74, 6) is 5.22. The molecule has 1 N–H and O–H groups in total. The van der Waals surface area contributed by atoms with Gasteiger partial charge >= 0.3 is 0 Å². The van der Waals surface area contributed by atoms with Crippen molar-refractivity contribution in [2.45, 2.75) is 0 Å². The highest BCUT2D eigenvalue weighted by atomic mass is 19.1. The van der Waals surface area contributed by atoms with Gasteiger partial charge in [-0.2, -0.15) is 0 Å². The molecule has 0 saturated carbocycles. The number of rotatable bonds is 2. The van der Waals surface area contributed by atoms with Gasteiger partial charge in [0.25, 0.3) is 5.91 Å².